The summed E-state index contributed by atoms with van der Waals surface area (Å²) in [5.74, 6) is -0.428. The van der Waals surface area contributed by atoms with Crippen LogP contribution in [0.2, 0.25) is 0 Å². The summed E-state index contributed by atoms with van der Waals surface area (Å²) in [5, 5.41) is 0. The number of aromatic nitrogens is 2. The molecular formula is C7H7N3O2. The Bertz CT molecular complexity index is 483. The number of hydrogen-bond acceptors (Lipinski definition) is 4. The number of nitrogens with two attached hydrogens (primary N) is 1. The number of anilines is 1. The summed E-state index contributed by atoms with van der Waals surface area (Å²) >= 11 is 0. The summed E-state index contributed by atoms with van der Waals surface area (Å²) in [6.07, 6.45) is 1.48. The van der Waals surface area contributed by atoms with Crippen molar-refractivity contribution < 1.29 is 4.42 Å². The zero-order valence-corrected chi connectivity index (χ0v) is 6.44. The first kappa shape index (κ1) is 6.90. The van der Waals surface area contributed by atoms with E-state index >= 15 is 0 Å². The van der Waals surface area contributed by atoms with Gasteiger partial charge >= 0.3 is 5.76 Å². The fraction of sp³-hybridized carbons (Fsp3) is 0.143. The average Bonchev–Trinajstić information content (AvgIpc) is 2.28. The first-order valence-corrected chi connectivity index (χ1v) is 3.39. The number of rotatable bonds is 0. The van der Waals surface area contributed by atoms with Gasteiger partial charge in [0.15, 0.2) is 11.2 Å². The molecule has 0 aliphatic carbocycles. The SMILES string of the molecule is Cn1c(=O)oc2cc(N)cnc21. The van der Waals surface area contributed by atoms with Gasteiger partial charge in [0.25, 0.3) is 0 Å². The van der Waals surface area contributed by atoms with E-state index in [2.05, 4.69) is 4.98 Å². The lowest BCUT2D eigenvalue weighted by Gasteiger charge is -1.90. The third-order valence-corrected chi connectivity index (χ3v) is 1.64. The second-order valence-corrected chi connectivity index (χ2v) is 2.52. The molecule has 5 nitrogen and oxygen atoms in total. The average molecular weight is 165 g/mol. The summed E-state index contributed by atoms with van der Waals surface area (Å²) in [4.78, 5) is 14.9. The molecular weight excluding hydrogens is 158 g/mol. The molecule has 0 bridgehead atoms. The minimum absolute atomic E-state index is 0.419. The molecule has 0 saturated carbocycles. The van der Waals surface area contributed by atoms with Crippen LogP contribution in [0.3, 0.4) is 0 Å². The first-order chi connectivity index (χ1) is 5.68. The highest BCUT2D eigenvalue weighted by molar-refractivity contribution is 5.71. The minimum atomic E-state index is -0.428. The molecule has 0 radical (unpaired) electrons. The highest BCUT2D eigenvalue weighted by Crippen LogP contribution is 2.11. The van der Waals surface area contributed by atoms with E-state index in [4.69, 9.17) is 10.2 Å². The molecule has 62 valence electrons. The van der Waals surface area contributed by atoms with Gasteiger partial charge in [0.1, 0.15) is 0 Å². The zero-order valence-electron chi connectivity index (χ0n) is 6.44. The second-order valence-electron chi connectivity index (χ2n) is 2.52. The van der Waals surface area contributed by atoms with E-state index in [-0.39, 0.29) is 0 Å². The largest absolute Gasteiger partial charge is 0.420 e. The maximum absolute atomic E-state index is 11.0. The van der Waals surface area contributed by atoms with Crippen LogP contribution in [-0.2, 0) is 7.05 Å². The van der Waals surface area contributed by atoms with Crippen LogP contribution in [0, 0.1) is 0 Å². The van der Waals surface area contributed by atoms with Crippen LogP contribution in [0.1, 0.15) is 0 Å². The number of fused-ring (bicyclic) bond motifs is 1. The molecule has 0 saturated heterocycles. The lowest BCUT2D eigenvalue weighted by Crippen LogP contribution is -2.08. The van der Waals surface area contributed by atoms with Gasteiger partial charge in [0, 0.05) is 13.1 Å². The molecule has 0 atom stereocenters. The van der Waals surface area contributed by atoms with E-state index < -0.39 is 5.76 Å². The Hall–Kier alpha value is -1.78. The Balaban J connectivity index is 2.96. The van der Waals surface area contributed by atoms with Crippen molar-refractivity contribution in [3.63, 3.8) is 0 Å². The first-order valence-electron chi connectivity index (χ1n) is 3.39. The van der Waals surface area contributed by atoms with Gasteiger partial charge in [0.05, 0.1) is 11.9 Å². The van der Waals surface area contributed by atoms with E-state index in [1.165, 1.54) is 10.8 Å². The van der Waals surface area contributed by atoms with Crippen molar-refractivity contribution in [2.75, 3.05) is 5.73 Å². The monoisotopic (exact) mass is 165 g/mol. The fourth-order valence-electron chi connectivity index (χ4n) is 1.03. The predicted octanol–water partition coefficient (Wildman–Crippen LogP) is 0.109. The standard InChI is InChI=1S/C7H7N3O2/c1-10-6-5(12-7(10)11)2-4(8)3-9-6/h2-3H,8H2,1H3. The van der Waals surface area contributed by atoms with Gasteiger partial charge in [-0.25, -0.2) is 9.78 Å². The molecule has 0 aliphatic heterocycles. The molecule has 2 aromatic rings. The lowest BCUT2D eigenvalue weighted by atomic mass is 10.4. The van der Waals surface area contributed by atoms with Crippen molar-refractivity contribution in [2.45, 2.75) is 0 Å². The number of hydrogen-bond donors (Lipinski definition) is 1. The Morgan fingerprint density at radius 2 is 2.42 bits per heavy atom. The fourth-order valence-corrected chi connectivity index (χ4v) is 1.03. The van der Waals surface area contributed by atoms with Crippen LogP contribution in [-0.4, -0.2) is 9.55 Å². The van der Waals surface area contributed by atoms with E-state index in [0.29, 0.717) is 16.9 Å². The second kappa shape index (κ2) is 2.10. The van der Waals surface area contributed by atoms with Crippen LogP contribution in [0.25, 0.3) is 11.2 Å². The number of pyridine rings is 1. The molecule has 5 heteroatoms. The number of nitrogens with zero attached hydrogens (tertiary/aromatic N) is 2. The zero-order chi connectivity index (χ0) is 8.72. The van der Waals surface area contributed by atoms with Crippen LogP contribution in [0.15, 0.2) is 21.5 Å². The Morgan fingerprint density at radius 3 is 3.17 bits per heavy atom. The third kappa shape index (κ3) is 0.795. The van der Waals surface area contributed by atoms with Crippen molar-refractivity contribution in [1.29, 1.82) is 0 Å². The quantitative estimate of drug-likeness (QED) is 0.601. The van der Waals surface area contributed by atoms with Gasteiger partial charge in [-0.1, -0.05) is 0 Å². The van der Waals surface area contributed by atoms with E-state index in [9.17, 15) is 4.79 Å². The molecule has 0 spiro atoms. The van der Waals surface area contributed by atoms with Crippen molar-refractivity contribution in [2.24, 2.45) is 7.05 Å². The van der Waals surface area contributed by atoms with Crippen molar-refractivity contribution in [3.05, 3.63) is 22.8 Å². The van der Waals surface area contributed by atoms with Gasteiger partial charge in [0.2, 0.25) is 0 Å². The topological polar surface area (TPSA) is 74.0 Å². The van der Waals surface area contributed by atoms with Crippen LogP contribution < -0.4 is 11.5 Å². The summed E-state index contributed by atoms with van der Waals surface area (Å²) in [7, 11) is 1.59. The van der Waals surface area contributed by atoms with Gasteiger partial charge in [-0.3, -0.25) is 4.57 Å². The summed E-state index contributed by atoms with van der Waals surface area (Å²) in [6, 6.07) is 1.57. The molecule has 0 unspecified atom stereocenters. The van der Waals surface area contributed by atoms with Crippen LogP contribution in [0.5, 0.6) is 0 Å². The molecule has 2 N–H and O–H groups in total. The van der Waals surface area contributed by atoms with Crippen molar-refractivity contribution in [1.82, 2.24) is 9.55 Å². The summed E-state index contributed by atoms with van der Waals surface area (Å²) in [6.45, 7) is 0. The third-order valence-electron chi connectivity index (χ3n) is 1.64. The van der Waals surface area contributed by atoms with Crippen LogP contribution >= 0.6 is 0 Å². The molecule has 12 heavy (non-hydrogen) atoms. The lowest BCUT2D eigenvalue weighted by molar-refractivity contribution is 0.528. The highest BCUT2D eigenvalue weighted by Gasteiger charge is 2.05. The normalized spacial score (nSPS) is 10.8. The molecule has 2 rings (SSSR count). The number of nitrogen functional groups attached to an aromatic ring is 1. The minimum Gasteiger partial charge on any atom is -0.406 e. The van der Waals surface area contributed by atoms with Gasteiger partial charge < -0.3 is 10.2 Å². The van der Waals surface area contributed by atoms with E-state index in [1.54, 1.807) is 13.1 Å². The Kier molecular flexibility index (Phi) is 1.21. The molecule has 0 amide bonds. The summed E-state index contributed by atoms with van der Waals surface area (Å²) in [5.41, 5.74) is 6.86. The number of aryl methyl sites for hydroxylation is 1. The van der Waals surface area contributed by atoms with Gasteiger partial charge in [-0.15, -0.1) is 0 Å². The Morgan fingerprint density at radius 1 is 1.67 bits per heavy atom. The molecule has 2 heterocycles. The molecule has 0 fully saturated rings. The maximum atomic E-state index is 11.0. The molecule has 0 aromatic carbocycles. The van der Waals surface area contributed by atoms with E-state index in [0.717, 1.165) is 0 Å². The van der Waals surface area contributed by atoms with Crippen LogP contribution in [0.4, 0.5) is 5.69 Å². The van der Waals surface area contributed by atoms with E-state index in [1.807, 2.05) is 0 Å². The van der Waals surface area contributed by atoms with Gasteiger partial charge in [-0.05, 0) is 0 Å². The maximum Gasteiger partial charge on any atom is 0.420 e. The van der Waals surface area contributed by atoms with Crippen molar-refractivity contribution in [3.8, 4) is 0 Å². The molecule has 0 aliphatic rings. The molecule has 2 aromatic heterocycles. The summed E-state index contributed by atoms with van der Waals surface area (Å²) < 4.78 is 6.17. The predicted molar refractivity (Wildman–Crippen MR) is 43.7 cm³/mol. The smallest absolute Gasteiger partial charge is 0.406 e. The van der Waals surface area contributed by atoms with Gasteiger partial charge in [-0.2, -0.15) is 0 Å². The Labute approximate surface area is 67.4 Å². The highest BCUT2D eigenvalue weighted by atomic mass is 16.4. The van der Waals surface area contributed by atoms with Crippen molar-refractivity contribution >= 4 is 16.9 Å². The number of oxazole rings is 1.